The predicted octanol–water partition coefficient (Wildman–Crippen LogP) is 4.63. The highest BCUT2D eigenvalue weighted by Crippen LogP contribution is 2.56. The Kier molecular flexibility index (Phi) is 1.63. The molecule has 2 nitrogen and oxygen atoms in total. The van der Waals surface area contributed by atoms with Gasteiger partial charge in [-0.3, -0.25) is 0 Å². The molecule has 0 atom stereocenters. The van der Waals surface area contributed by atoms with Gasteiger partial charge in [0.05, 0.1) is 14.2 Å². The topological polar surface area (TPSA) is 18.5 Å². The lowest BCUT2D eigenvalue weighted by molar-refractivity contribution is 0.432. The maximum Gasteiger partial charge on any atom is 0.136 e. The van der Waals surface area contributed by atoms with Crippen molar-refractivity contribution >= 4 is 43.1 Å². The van der Waals surface area contributed by atoms with Crippen molar-refractivity contribution in [1.82, 2.24) is 0 Å². The average Bonchev–Trinajstić information content (AvgIpc) is 3.21. The van der Waals surface area contributed by atoms with E-state index in [1.807, 2.05) is 0 Å². The van der Waals surface area contributed by atoms with Gasteiger partial charge in [-0.2, -0.15) is 0 Å². The molecule has 0 aromatic heterocycles. The van der Waals surface area contributed by atoms with Gasteiger partial charge >= 0.3 is 0 Å². The van der Waals surface area contributed by atoms with Crippen LogP contribution in [0.2, 0.25) is 0 Å². The van der Waals surface area contributed by atoms with E-state index in [2.05, 4.69) is 36.4 Å². The Morgan fingerprint density at radius 2 is 0.850 bits per heavy atom. The second-order valence-corrected chi connectivity index (χ2v) is 5.27. The molecule has 0 unspecified atom stereocenters. The Balaban J connectivity index is 2.14. The molecule has 5 aromatic rings. The van der Waals surface area contributed by atoms with E-state index in [0.717, 1.165) is 11.5 Å². The van der Waals surface area contributed by atoms with Crippen molar-refractivity contribution in [2.75, 3.05) is 14.2 Å². The van der Waals surface area contributed by atoms with Crippen molar-refractivity contribution in [1.29, 1.82) is 0 Å². The van der Waals surface area contributed by atoms with E-state index in [9.17, 15) is 0 Å². The van der Waals surface area contributed by atoms with Crippen LogP contribution in [0.4, 0.5) is 0 Å². The third-order valence-electron chi connectivity index (χ3n) is 4.40. The minimum Gasteiger partial charge on any atom is -0.495 e. The molecule has 0 radical (unpaired) electrons. The van der Waals surface area contributed by atoms with E-state index in [4.69, 9.17) is 9.47 Å². The molecule has 0 aliphatic rings. The standard InChI is InChI=1S/C18H12O2/c1-19-17-13-9-5-3-7-11(9)15-16(18(15)20-2)12-8-4-6-10(12)14(13)17/h3-8H,1-2H3. The van der Waals surface area contributed by atoms with Gasteiger partial charge in [-0.15, -0.1) is 0 Å². The summed E-state index contributed by atoms with van der Waals surface area (Å²) < 4.78 is 11.1. The normalized spacial score (nSPS) is 12.5. The lowest BCUT2D eigenvalue weighted by Gasteiger charge is -1.85. The molecule has 20 heavy (non-hydrogen) atoms. The number of rotatable bonds is 2. The Morgan fingerprint density at radius 1 is 0.550 bits per heavy atom. The fourth-order valence-corrected chi connectivity index (χ4v) is 3.49. The first-order valence-corrected chi connectivity index (χ1v) is 6.71. The lowest BCUT2D eigenvalue weighted by atomic mass is 10.2. The summed E-state index contributed by atoms with van der Waals surface area (Å²) in [6, 6.07) is 12.9. The van der Waals surface area contributed by atoms with E-state index in [0.29, 0.717) is 0 Å². The summed E-state index contributed by atoms with van der Waals surface area (Å²) in [7, 11) is 3.50. The molecule has 0 aliphatic heterocycles. The number of methoxy groups -OCH3 is 2. The van der Waals surface area contributed by atoms with Gasteiger partial charge in [-0.1, -0.05) is 36.4 Å². The van der Waals surface area contributed by atoms with E-state index in [1.165, 1.54) is 43.1 Å². The van der Waals surface area contributed by atoms with Gasteiger partial charge < -0.3 is 9.47 Å². The van der Waals surface area contributed by atoms with E-state index in [-0.39, 0.29) is 0 Å². The summed E-state index contributed by atoms with van der Waals surface area (Å²) in [6.45, 7) is 0. The van der Waals surface area contributed by atoms with Crippen molar-refractivity contribution < 1.29 is 9.47 Å². The summed E-state index contributed by atoms with van der Waals surface area (Å²) in [5.41, 5.74) is 0. The molecule has 0 saturated heterocycles. The third kappa shape index (κ3) is 0.989. The Hall–Kier alpha value is -2.48. The molecule has 5 aromatic carbocycles. The molecule has 5 rings (SSSR count). The zero-order chi connectivity index (χ0) is 13.4. The summed E-state index contributed by atoms with van der Waals surface area (Å²) in [5, 5.41) is 10.1. The molecule has 96 valence electrons. The van der Waals surface area contributed by atoms with Gasteiger partial charge in [-0.05, 0) is 21.5 Å². The van der Waals surface area contributed by atoms with E-state index in [1.54, 1.807) is 14.2 Å². The number of fused-ring (bicyclic) bond motifs is 8. The van der Waals surface area contributed by atoms with Crippen molar-refractivity contribution in [3.8, 4) is 11.5 Å². The van der Waals surface area contributed by atoms with Gasteiger partial charge in [0.1, 0.15) is 11.5 Å². The van der Waals surface area contributed by atoms with Crippen LogP contribution in [0.15, 0.2) is 36.4 Å². The zero-order valence-electron chi connectivity index (χ0n) is 11.3. The van der Waals surface area contributed by atoms with Crippen LogP contribution in [-0.2, 0) is 0 Å². The average molecular weight is 260 g/mol. The SMILES string of the molecule is COc1c2c3cccc3c3c(OC)c3c3cccc3c12. The maximum atomic E-state index is 5.56. The molecule has 0 saturated carbocycles. The molecular formula is C18H12O2. The minimum absolute atomic E-state index is 1.03. The van der Waals surface area contributed by atoms with Crippen LogP contribution >= 0.6 is 0 Å². The quantitative estimate of drug-likeness (QED) is 0.460. The highest BCUT2D eigenvalue weighted by molar-refractivity contribution is 6.41. The number of hydrogen-bond donors (Lipinski definition) is 0. The minimum atomic E-state index is 1.03. The molecule has 2 heteroatoms. The Morgan fingerprint density at radius 3 is 1.10 bits per heavy atom. The number of hydrogen-bond acceptors (Lipinski definition) is 2. The summed E-state index contributed by atoms with van der Waals surface area (Å²) in [5.74, 6) is 2.07. The number of ether oxygens (including phenoxy) is 2. The monoisotopic (exact) mass is 260 g/mol. The molecule has 0 amide bonds. The van der Waals surface area contributed by atoms with Crippen LogP contribution in [-0.4, -0.2) is 14.2 Å². The first-order chi connectivity index (χ1) is 9.86. The van der Waals surface area contributed by atoms with Crippen molar-refractivity contribution in [2.24, 2.45) is 0 Å². The highest BCUT2D eigenvalue weighted by atomic mass is 16.5. The Bertz CT molecular complexity index is 899. The van der Waals surface area contributed by atoms with Gasteiger partial charge in [-0.25, -0.2) is 0 Å². The molecular weight excluding hydrogens is 248 g/mol. The fraction of sp³-hybridized carbons (Fsp3) is 0.111. The third-order valence-corrected chi connectivity index (χ3v) is 4.40. The second-order valence-electron chi connectivity index (χ2n) is 5.27. The lowest BCUT2D eigenvalue weighted by Crippen LogP contribution is -1.71. The molecule has 0 spiro atoms. The first-order valence-electron chi connectivity index (χ1n) is 6.71. The van der Waals surface area contributed by atoms with Crippen LogP contribution in [0.3, 0.4) is 0 Å². The van der Waals surface area contributed by atoms with Crippen LogP contribution in [0, 0.1) is 0 Å². The van der Waals surface area contributed by atoms with Gasteiger partial charge in [0.15, 0.2) is 0 Å². The zero-order valence-corrected chi connectivity index (χ0v) is 11.3. The second kappa shape index (κ2) is 3.15. The van der Waals surface area contributed by atoms with Crippen LogP contribution in [0.1, 0.15) is 0 Å². The van der Waals surface area contributed by atoms with Crippen LogP contribution in [0.25, 0.3) is 43.1 Å². The summed E-state index contributed by atoms with van der Waals surface area (Å²) in [4.78, 5) is 0. The molecule has 0 fully saturated rings. The van der Waals surface area contributed by atoms with Crippen LogP contribution < -0.4 is 9.47 Å². The predicted molar refractivity (Wildman–Crippen MR) is 83.1 cm³/mol. The van der Waals surface area contributed by atoms with Crippen molar-refractivity contribution in [3.05, 3.63) is 36.4 Å². The molecule has 0 heterocycles. The first kappa shape index (κ1) is 10.3. The maximum absolute atomic E-state index is 5.56. The van der Waals surface area contributed by atoms with Gasteiger partial charge in [0.25, 0.3) is 0 Å². The van der Waals surface area contributed by atoms with Crippen molar-refractivity contribution in [3.63, 3.8) is 0 Å². The summed E-state index contributed by atoms with van der Waals surface area (Å²) >= 11 is 0. The highest BCUT2D eigenvalue weighted by Gasteiger charge is 2.28. The molecule has 0 aliphatic carbocycles. The van der Waals surface area contributed by atoms with E-state index < -0.39 is 0 Å². The van der Waals surface area contributed by atoms with Crippen molar-refractivity contribution in [2.45, 2.75) is 0 Å². The van der Waals surface area contributed by atoms with Crippen LogP contribution in [0.5, 0.6) is 11.5 Å². The smallest absolute Gasteiger partial charge is 0.136 e. The summed E-state index contributed by atoms with van der Waals surface area (Å²) in [6.07, 6.45) is 0. The Labute approximate surface area is 115 Å². The van der Waals surface area contributed by atoms with Gasteiger partial charge in [0, 0.05) is 21.5 Å². The van der Waals surface area contributed by atoms with Gasteiger partial charge in [0.2, 0.25) is 0 Å². The van der Waals surface area contributed by atoms with E-state index >= 15 is 0 Å². The molecule has 0 N–H and O–H groups in total. The molecule has 0 bridgehead atoms. The fourth-order valence-electron chi connectivity index (χ4n) is 3.49. The largest absolute Gasteiger partial charge is 0.495 e.